The Hall–Kier alpha value is -1.80. The summed E-state index contributed by atoms with van der Waals surface area (Å²) in [6, 6.07) is 13.6. The van der Waals surface area contributed by atoms with E-state index >= 15 is 0 Å². The number of nitrogens with two attached hydrogens (primary N) is 1. The van der Waals surface area contributed by atoms with Crippen LogP contribution < -0.4 is 10.6 Å². The molecular weight excluding hydrogens is 256 g/mol. The van der Waals surface area contributed by atoms with Gasteiger partial charge in [-0.25, -0.2) is 0 Å². The van der Waals surface area contributed by atoms with Crippen molar-refractivity contribution in [2.45, 2.75) is 33.1 Å². The first kappa shape index (κ1) is 14.2. The van der Waals surface area contributed by atoms with Crippen LogP contribution in [0.2, 0.25) is 0 Å². The van der Waals surface area contributed by atoms with Gasteiger partial charge in [0.1, 0.15) is 0 Å². The van der Waals surface area contributed by atoms with Crippen LogP contribution in [0.15, 0.2) is 36.4 Å². The molecule has 0 aliphatic carbocycles. The quantitative estimate of drug-likeness (QED) is 0.924. The number of fused-ring (bicyclic) bond motifs is 1. The summed E-state index contributed by atoms with van der Waals surface area (Å²) in [5.41, 5.74) is 13.9. The fourth-order valence-electron chi connectivity index (χ4n) is 3.28. The zero-order chi connectivity index (χ0) is 14.8. The van der Waals surface area contributed by atoms with Crippen LogP contribution in [0.3, 0.4) is 0 Å². The number of hydrogen-bond donors (Lipinski definition) is 1. The van der Waals surface area contributed by atoms with Gasteiger partial charge >= 0.3 is 0 Å². The van der Waals surface area contributed by atoms with Gasteiger partial charge in [-0.2, -0.15) is 0 Å². The highest BCUT2D eigenvalue weighted by Gasteiger charge is 2.18. The van der Waals surface area contributed by atoms with E-state index in [1.807, 2.05) is 0 Å². The van der Waals surface area contributed by atoms with E-state index in [4.69, 9.17) is 5.73 Å². The van der Waals surface area contributed by atoms with Gasteiger partial charge in [-0.05, 0) is 74.5 Å². The van der Waals surface area contributed by atoms with Crippen LogP contribution in [0.25, 0.3) is 0 Å². The predicted octanol–water partition coefficient (Wildman–Crippen LogP) is 3.89. The van der Waals surface area contributed by atoms with E-state index in [9.17, 15) is 0 Å². The SMILES string of the molecule is Cc1ccc2c(c1)CCCN2c1ccc(CCN)c(C)c1. The molecule has 0 amide bonds. The summed E-state index contributed by atoms with van der Waals surface area (Å²) >= 11 is 0. The first-order valence-electron chi connectivity index (χ1n) is 7.85. The van der Waals surface area contributed by atoms with Crippen LogP contribution in [0, 0.1) is 13.8 Å². The van der Waals surface area contributed by atoms with Crippen LogP contribution in [-0.2, 0) is 12.8 Å². The van der Waals surface area contributed by atoms with Crippen molar-refractivity contribution in [3.05, 3.63) is 58.7 Å². The minimum absolute atomic E-state index is 0.714. The molecule has 2 N–H and O–H groups in total. The number of benzene rings is 2. The first-order valence-corrected chi connectivity index (χ1v) is 7.85. The van der Waals surface area contributed by atoms with Crippen LogP contribution in [0.4, 0.5) is 11.4 Å². The van der Waals surface area contributed by atoms with Gasteiger partial charge in [0.15, 0.2) is 0 Å². The maximum atomic E-state index is 5.68. The number of anilines is 2. The molecule has 110 valence electrons. The van der Waals surface area contributed by atoms with E-state index in [0.717, 1.165) is 13.0 Å². The largest absolute Gasteiger partial charge is 0.341 e. The van der Waals surface area contributed by atoms with Gasteiger partial charge in [-0.1, -0.05) is 23.8 Å². The molecule has 2 heteroatoms. The normalized spacial score (nSPS) is 14.1. The van der Waals surface area contributed by atoms with Gasteiger partial charge in [0.2, 0.25) is 0 Å². The van der Waals surface area contributed by atoms with Crippen molar-refractivity contribution in [1.29, 1.82) is 0 Å². The third-order valence-corrected chi connectivity index (χ3v) is 4.41. The van der Waals surface area contributed by atoms with E-state index in [-0.39, 0.29) is 0 Å². The van der Waals surface area contributed by atoms with Gasteiger partial charge in [0.05, 0.1) is 0 Å². The third-order valence-electron chi connectivity index (χ3n) is 4.41. The zero-order valence-electron chi connectivity index (χ0n) is 13.0. The van der Waals surface area contributed by atoms with E-state index in [1.165, 1.54) is 46.5 Å². The second kappa shape index (κ2) is 5.90. The molecule has 2 nitrogen and oxygen atoms in total. The molecule has 0 atom stereocenters. The maximum Gasteiger partial charge on any atom is 0.0443 e. The topological polar surface area (TPSA) is 29.3 Å². The molecule has 0 saturated heterocycles. The van der Waals surface area contributed by atoms with E-state index < -0.39 is 0 Å². The van der Waals surface area contributed by atoms with Crippen molar-refractivity contribution in [2.24, 2.45) is 5.73 Å². The van der Waals surface area contributed by atoms with Crippen LogP contribution in [-0.4, -0.2) is 13.1 Å². The van der Waals surface area contributed by atoms with Crippen molar-refractivity contribution in [3.8, 4) is 0 Å². The minimum Gasteiger partial charge on any atom is -0.341 e. The molecule has 2 aromatic carbocycles. The Labute approximate surface area is 127 Å². The lowest BCUT2D eigenvalue weighted by Crippen LogP contribution is -2.24. The molecular formula is C19H24N2. The molecule has 0 fully saturated rings. The molecule has 1 heterocycles. The highest BCUT2D eigenvalue weighted by atomic mass is 15.1. The van der Waals surface area contributed by atoms with Crippen LogP contribution >= 0.6 is 0 Å². The van der Waals surface area contributed by atoms with Crippen molar-refractivity contribution >= 4 is 11.4 Å². The Bertz CT molecular complexity index is 646. The van der Waals surface area contributed by atoms with Gasteiger partial charge < -0.3 is 10.6 Å². The molecule has 0 saturated carbocycles. The molecule has 3 rings (SSSR count). The fraction of sp³-hybridized carbons (Fsp3) is 0.368. The first-order chi connectivity index (χ1) is 10.2. The Morgan fingerprint density at radius 2 is 1.95 bits per heavy atom. The Morgan fingerprint density at radius 3 is 2.71 bits per heavy atom. The summed E-state index contributed by atoms with van der Waals surface area (Å²) in [7, 11) is 0. The van der Waals surface area contributed by atoms with Gasteiger partial charge in [0, 0.05) is 17.9 Å². The van der Waals surface area contributed by atoms with Crippen LogP contribution in [0.5, 0.6) is 0 Å². The van der Waals surface area contributed by atoms with Crippen molar-refractivity contribution in [1.82, 2.24) is 0 Å². The second-order valence-electron chi connectivity index (χ2n) is 6.04. The predicted molar refractivity (Wildman–Crippen MR) is 90.4 cm³/mol. The summed E-state index contributed by atoms with van der Waals surface area (Å²) in [6.45, 7) is 6.18. The van der Waals surface area contributed by atoms with Crippen molar-refractivity contribution in [2.75, 3.05) is 18.0 Å². The lowest BCUT2D eigenvalue weighted by atomic mass is 9.98. The minimum atomic E-state index is 0.714. The maximum absolute atomic E-state index is 5.68. The smallest absolute Gasteiger partial charge is 0.0443 e. The summed E-state index contributed by atoms with van der Waals surface area (Å²) in [5.74, 6) is 0. The lowest BCUT2D eigenvalue weighted by molar-refractivity contribution is 0.765. The highest BCUT2D eigenvalue weighted by molar-refractivity contribution is 5.69. The number of aryl methyl sites for hydroxylation is 3. The van der Waals surface area contributed by atoms with Crippen molar-refractivity contribution < 1.29 is 0 Å². The molecule has 0 spiro atoms. The summed E-state index contributed by atoms with van der Waals surface area (Å²) in [4.78, 5) is 2.46. The molecule has 1 aliphatic rings. The van der Waals surface area contributed by atoms with E-state index in [1.54, 1.807) is 0 Å². The Balaban J connectivity index is 1.97. The van der Waals surface area contributed by atoms with Crippen molar-refractivity contribution in [3.63, 3.8) is 0 Å². The molecule has 0 bridgehead atoms. The summed E-state index contributed by atoms with van der Waals surface area (Å²) < 4.78 is 0. The molecule has 2 aromatic rings. The number of hydrogen-bond acceptors (Lipinski definition) is 2. The third kappa shape index (κ3) is 2.81. The zero-order valence-corrected chi connectivity index (χ0v) is 13.0. The van der Waals surface area contributed by atoms with Gasteiger partial charge in [0.25, 0.3) is 0 Å². The Morgan fingerprint density at radius 1 is 1.10 bits per heavy atom. The fourth-order valence-corrected chi connectivity index (χ4v) is 3.28. The average Bonchev–Trinajstić information content (AvgIpc) is 2.48. The standard InChI is InChI=1S/C19H24N2/c1-14-5-8-19-17(12-14)4-3-11-21(19)18-7-6-16(9-10-20)15(2)13-18/h5-8,12-13H,3-4,9-11,20H2,1-2H3. The summed E-state index contributed by atoms with van der Waals surface area (Å²) in [6.07, 6.45) is 3.37. The average molecular weight is 280 g/mol. The summed E-state index contributed by atoms with van der Waals surface area (Å²) in [5, 5.41) is 0. The monoisotopic (exact) mass is 280 g/mol. The number of rotatable bonds is 3. The lowest BCUT2D eigenvalue weighted by Gasteiger charge is -2.32. The Kier molecular flexibility index (Phi) is 3.98. The van der Waals surface area contributed by atoms with E-state index in [0.29, 0.717) is 6.54 Å². The molecule has 0 radical (unpaired) electrons. The van der Waals surface area contributed by atoms with Crippen LogP contribution in [0.1, 0.15) is 28.7 Å². The van der Waals surface area contributed by atoms with E-state index in [2.05, 4.69) is 55.1 Å². The number of nitrogens with zero attached hydrogens (tertiary/aromatic N) is 1. The molecule has 21 heavy (non-hydrogen) atoms. The van der Waals surface area contributed by atoms with Gasteiger partial charge in [-0.15, -0.1) is 0 Å². The molecule has 0 aromatic heterocycles. The molecule has 0 unspecified atom stereocenters. The second-order valence-corrected chi connectivity index (χ2v) is 6.04. The van der Waals surface area contributed by atoms with Gasteiger partial charge in [-0.3, -0.25) is 0 Å². The molecule has 1 aliphatic heterocycles. The highest BCUT2D eigenvalue weighted by Crippen LogP contribution is 2.34.